The zero-order valence-electron chi connectivity index (χ0n) is 9.32. The number of hydrogen-bond donors (Lipinski definition) is 1. The van der Waals surface area contributed by atoms with Crippen LogP contribution in [0.4, 0.5) is 0 Å². The van der Waals surface area contributed by atoms with Crippen molar-refractivity contribution in [1.29, 1.82) is 0 Å². The first-order valence-corrected chi connectivity index (χ1v) is 4.88. The van der Waals surface area contributed by atoms with E-state index >= 15 is 0 Å². The highest BCUT2D eigenvalue weighted by Gasteiger charge is 2.12. The topological polar surface area (TPSA) is 53.1 Å². The Morgan fingerprint density at radius 1 is 1.57 bits per heavy atom. The van der Waals surface area contributed by atoms with Crippen LogP contribution >= 0.6 is 0 Å². The maximum atomic E-state index is 5.97. The van der Waals surface area contributed by atoms with Crippen molar-refractivity contribution in [1.82, 2.24) is 9.78 Å². The smallest absolute Gasteiger partial charge is 0.0704 e. The Bertz CT molecular complexity index is 294. The summed E-state index contributed by atoms with van der Waals surface area (Å²) in [4.78, 5) is 0. The van der Waals surface area contributed by atoms with Crippen molar-refractivity contribution in [3.8, 4) is 0 Å². The van der Waals surface area contributed by atoms with Gasteiger partial charge in [0.15, 0.2) is 0 Å². The predicted molar refractivity (Wildman–Crippen MR) is 56.0 cm³/mol. The van der Waals surface area contributed by atoms with Crippen molar-refractivity contribution in [3.05, 3.63) is 17.5 Å². The molecule has 0 saturated heterocycles. The van der Waals surface area contributed by atoms with E-state index in [9.17, 15) is 0 Å². The lowest BCUT2D eigenvalue weighted by molar-refractivity contribution is 0.0670. The molecular formula is C10H19N3O. The Balaban J connectivity index is 2.60. The predicted octanol–water partition coefficient (Wildman–Crippen LogP) is 1.15. The van der Waals surface area contributed by atoms with Gasteiger partial charge in [0.1, 0.15) is 0 Å². The molecule has 0 spiro atoms. The van der Waals surface area contributed by atoms with Crippen molar-refractivity contribution in [2.45, 2.75) is 32.9 Å². The molecule has 4 heteroatoms. The second kappa shape index (κ2) is 4.57. The van der Waals surface area contributed by atoms with Crippen LogP contribution in [-0.4, -0.2) is 22.5 Å². The number of nitrogens with zero attached hydrogens (tertiary/aromatic N) is 2. The third-order valence-corrected chi connectivity index (χ3v) is 2.03. The van der Waals surface area contributed by atoms with Gasteiger partial charge in [0.05, 0.1) is 30.1 Å². The van der Waals surface area contributed by atoms with Gasteiger partial charge in [-0.3, -0.25) is 4.68 Å². The fourth-order valence-corrected chi connectivity index (χ4v) is 1.36. The van der Waals surface area contributed by atoms with E-state index in [1.807, 2.05) is 38.6 Å². The second-order valence-corrected chi connectivity index (χ2v) is 3.82. The molecule has 1 aromatic rings. The average Bonchev–Trinajstić information content (AvgIpc) is 2.41. The van der Waals surface area contributed by atoms with Gasteiger partial charge < -0.3 is 10.5 Å². The van der Waals surface area contributed by atoms with Gasteiger partial charge in [-0.05, 0) is 26.8 Å². The molecule has 2 N–H and O–H groups in total. The first-order valence-electron chi connectivity index (χ1n) is 4.88. The molecule has 0 aliphatic carbocycles. The summed E-state index contributed by atoms with van der Waals surface area (Å²) in [6.07, 6.45) is 0.218. The summed E-state index contributed by atoms with van der Waals surface area (Å²) in [5.74, 6) is 0. The molecule has 1 rings (SSSR count). The summed E-state index contributed by atoms with van der Waals surface area (Å²) in [7, 11) is 1.90. The van der Waals surface area contributed by atoms with Gasteiger partial charge in [0.25, 0.3) is 0 Å². The Kier molecular flexibility index (Phi) is 3.66. The van der Waals surface area contributed by atoms with Crippen molar-refractivity contribution in [2.75, 3.05) is 6.61 Å². The Labute approximate surface area is 85.0 Å². The van der Waals surface area contributed by atoms with Crippen molar-refractivity contribution in [2.24, 2.45) is 12.8 Å². The minimum atomic E-state index is -0.0939. The maximum absolute atomic E-state index is 5.97. The van der Waals surface area contributed by atoms with Gasteiger partial charge in [-0.15, -0.1) is 0 Å². The summed E-state index contributed by atoms with van der Waals surface area (Å²) < 4.78 is 7.27. The zero-order valence-corrected chi connectivity index (χ0v) is 9.32. The standard InChI is InChI=1S/C10H19N3O/c1-7(2)14-6-9(11)10-5-8(3)12-13(10)4/h5,7,9H,6,11H2,1-4H3. The van der Waals surface area contributed by atoms with Crippen LogP contribution in [0, 0.1) is 6.92 Å². The van der Waals surface area contributed by atoms with Gasteiger partial charge >= 0.3 is 0 Å². The summed E-state index contributed by atoms with van der Waals surface area (Å²) >= 11 is 0. The van der Waals surface area contributed by atoms with Crippen LogP contribution in [-0.2, 0) is 11.8 Å². The van der Waals surface area contributed by atoms with Gasteiger partial charge in [0, 0.05) is 7.05 Å². The molecule has 0 saturated carbocycles. The lowest BCUT2D eigenvalue weighted by Crippen LogP contribution is -2.22. The molecule has 4 nitrogen and oxygen atoms in total. The zero-order chi connectivity index (χ0) is 10.7. The molecule has 0 aromatic carbocycles. The molecule has 0 bridgehead atoms. The number of nitrogens with two attached hydrogens (primary N) is 1. The third kappa shape index (κ3) is 2.82. The minimum Gasteiger partial charge on any atom is -0.377 e. The Morgan fingerprint density at radius 2 is 2.21 bits per heavy atom. The number of rotatable bonds is 4. The molecule has 1 atom stereocenters. The maximum Gasteiger partial charge on any atom is 0.0704 e. The van der Waals surface area contributed by atoms with Crippen molar-refractivity contribution in [3.63, 3.8) is 0 Å². The SMILES string of the molecule is Cc1cc(C(N)COC(C)C)n(C)n1. The summed E-state index contributed by atoms with van der Waals surface area (Å²) in [6, 6.07) is 1.90. The molecule has 14 heavy (non-hydrogen) atoms. The molecule has 80 valence electrons. The van der Waals surface area contributed by atoms with Crippen molar-refractivity contribution >= 4 is 0 Å². The summed E-state index contributed by atoms with van der Waals surface area (Å²) in [5, 5.41) is 4.24. The van der Waals surface area contributed by atoms with E-state index in [1.165, 1.54) is 0 Å². The molecule has 0 fully saturated rings. The number of ether oxygens (including phenoxy) is 1. The van der Waals surface area contributed by atoms with E-state index in [0.29, 0.717) is 6.61 Å². The largest absolute Gasteiger partial charge is 0.377 e. The van der Waals surface area contributed by atoms with Crippen LogP contribution in [0.5, 0.6) is 0 Å². The number of aromatic nitrogens is 2. The summed E-state index contributed by atoms with van der Waals surface area (Å²) in [6.45, 7) is 6.50. The Morgan fingerprint density at radius 3 is 2.64 bits per heavy atom. The lowest BCUT2D eigenvalue weighted by Gasteiger charge is -2.14. The van der Waals surface area contributed by atoms with Crippen LogP contribution < -0.4 is 5.73 Å². The molecule has 0 radical (unpaired) electrons. The summed E-state index contributed by atoms with van der Waals surface area (Å²) in [5.41, 5.74) is 7.98. The quantitative estimate of drug-likeness (QED) is 0.788. The van der Waals surface area contributed by atoms with Crippen LogP contribution in [0.15, 0.2) is 6.07 Å². The second-order valence-electron chi connectivity index (χ2n) is 3.82. The average molecular weight is 197 g/mol. The molecule has 1 aromatic heterocycles. The molecule has 0 aliphatic heterocycles. The van der Waals surface area contributed by atoms with Gasteiger partial charge in [-0.25, -0.2) is 0 Å². The first-order chi connectivity index (χ1) is 6.50. The van der Waals surface area contributed by atoms with E-state index in [2.05, 4.69) is 5.10 Å². The molecule has 1 heterocycles. The van der Waals surface area contributed by atoms with Gasteiger partial charge in [-0.1, -0.05) is 0 Å². The number of aryl methyl sites for hydroxylation is 2. The lowest BCUT2D eigenvalue weighted by atomic mass is 10.2. The van der Waals surface area contributed by atoms with E-state index in [-0.39, 0.29) is 12.1 Å². The molecular weight excluding hydrogens is 178 g/mol. The van der Waals surface area contributed by atoms with E-state index < -0.39 is 0 Å². The van der Waals surface area contributed by atoms with E-state index in [4.69, 9.17) is 10.5 Å². The Hall–Kier alpha value is -0.870. The molecule has 0 aliphatic rings. The highest BCUT2D eigenvalue weighted by molar-refractivity contribution is 5.12. The van der Waals surface area contributed by atoms with Gasteiger partial charge in [0.2, 0.25) is 0 Å². The number of hydrogen-bond acceptors (Lipinski definition) is 3. The van der Waals surface area contributed by atoms with Crippen molar-refractivity contribution < 1.29 is 4.74 Å². The highest BCUT2D eigenvalue weighted by atomic mass is 16.5. The fourth-order valence-electron chi connectivity index (χ4n) is 1.36. The van der Waals surface area contributed by atoms with E-state index in [1.54, 1.807) is 0 Å². The van der Waals surface area contributed by atoms with Crippen LogP contribution in [0.1, 0.15) is 31.3 Å². The third-order valence-electron chi connectivity index (χ3n) is 2.03. The fraction of sp³-hybridized carbons (Fsp3) is 0.700. The van der Waals surface area contributed by atoms with Crippen LogP contribution in [0.2, 0.25) is 0 Å². The van der Waals surface area contributed by atoms with Crippen LogP contribution in [0.3, 0.4) is 0 Å². The van der Waals surface area contributed by atoms with E-state index in [0.717, 1.165) is 11.4 Å². The minimum absolute atomic E-state index is 0.0939. The normalized spacial score (nSPS) is 13.6. The highest BCUT2D eigenvalue weighted by Crippen LogP contribution is 2.11. The van der Waals surface area contributed by atoms with Gasteiger partial charge in [-0.2, -0.15) is 5.10 Å². The monoisotopic (exact) mass is 197 g/mol. The van der Waals surface area contributed by atoms with Crippen LogP contribution in [0.25, 0.3) is 0 Å². The molecule has 1 unspecified atom stereocenters. The first kappa shape index (κ1) is 11.2. The molecule has 0 amide bonds.